The molecule has 0 saturated carbocycles. The molecule has 0 spiro atoms. The maximum absolute atomic E-state index is 13.1. The van der Waals surface area contributed by atoms with Gasteiger partial charge >= 0.3 is 0 Å². The standard InChI is InChI=1S/C24H20N4O2S3/c1-12-6-8-31-22(12)19-20(23-13(2)7-9-32-23)27-28-24(26-19)33-14(3)21(30)15-4-5-17-16(10-15)11-18(29)25-17/h4-10,14H,11H2,1-3H3,(H,25,29). The molecule has 1 aliphatic rings. The number of fused-ring (bicyclic) bond motifs is 1. The highest BCUT2D eigenvalue weighted by atomic mass is 32.2. The van der Waals surface area contributed by atoms with Crippen LogP contribution >= 0.6 is 34.4 Å². The van der Waals surface area contributed by atoms with E-state index in [-0.39, 0.29) is 11.7 Å². The number of hydrogen-bond acceptors (Lipinski definition) is 8. The Labute approximate surface area is 203 Å². The Balaban J connectivity index is 1.45. The number of amides is 1. The molecule has 0 aliphatic carbocycles. The van der Waals surface area contributed by atoms with Gasteiger partial charge in [0.15, 0.2) is 5.78 Å². The number of anilines is 1. The molecule has 4 aromatic rings. The normalized spacial score (nSPS) is 13.6. The molecular weight excluding hydrogens is 472 g/mol. The summed E-state index contributed by atoms with van der Waals surface area (Å²) in [6.45, 7) is 5.97. The first kappa shape index (κ1) is 21.9. The lowest BCUT2D eigenvalue weighted by molar-refractivity contribution is -0.115. The molecule has 0 fully saturated rings. The zero-order valence-corrected chi connectivity index (χ0v) is 20.7. The number of nitrogens with one attached hydrogen (secondary N) is 1. The third-order valence-corrected chi connectivity index (χ3v) is 8.49. The maximum Gasteiger partial charge on any atom is 0.228 e. The van der Waals surface area contributed by atoms with Gasteiger partial charge in [0.05, 0.1) is 21.4 Å². The highest BCUT2D eigenvalue weighted by molar-refractivity contribution is 8.00. The molecule has 1 atom stereocenters. The molecule has 1 unspecified atom stereocenters. The van der Waals surface area contributed by atoms with Crippen LogP contribution in [0.3, 0.4) is 0 Å². The van der Waals surface area contributed by atoms with Gasteiger partial charge in [-0.3, -0.25) is 9.59 Å². The number of hydrogen-bond donors (Lipinski definition) is 1. The van der Waals surface area contributed by atoms with Crippen LogP contribution in [0.4, 0.5) is 5.69 Å². The highest BCUT2D eigenvalue weighted by Gasteiger charge is 2.24. The second-order valence-electron chi connectivity index (χ2n) is 7.88. The number of carbonyl (C=O) groups is 2. The minimum absolute atomic E-state index is 0.0298. The monoisotopic (exact) mass is 492 g/mol. The first-order valence-corrected chi connectivity index (χ1v) is 13.0. The van der Waals surface area contributed by atoms with Crippen LogP contribution in [0.5, 0.6) is 0 Å². The first-order valence-electron chi connectivity index (χ1n) is 10.4. The molecule has 1 N–H and O–H groups in total. The van der Waals surface area contributed by atoms with Crippen LogP contribution in [-0.2, 0) is 11.2 Å². The molecular formula is C24H20N4O2S3. The summed E-state index contributed by atoms with van der Waals surface area (Å²) in [4.78, 5) is 31.7. The quantitative estimate of drug-likeness (QED) is 0.270. The Kier molecular flexibility index (Phi) is 5.86. The summed E-state index contributed by atoms with van der Waals surface area (Å²) in [7, 11) is 0. The molecule has 3 aromatic heterocycles. The van der Waals surface area contributed by atoms with Gasteiger partial charge in [0.1, 0.15) is 11.4 Å². The minimum Gasteiger partial charge on any atom is -0.326 e. The summed E-state index contributed by atoms with van der Waals surface area (Å²) in [6, 6.07) is 9.48. The largest absolute Gasteiger partial charge is 0.326 e. The molecule has 1 aromatic carbocycles. The lowest BCUT2D eigenvalue weighted by Gasteiger charge is -2.12. The SMILES string of the molecule is Cc1ccsc1-c1nnc(SC(C)C(=O)c2ccc3c(c2)CC(=O)N3)nc1-c1sccc1C. The van der Waals surface area contributed by atoms with Gasteiger partial charge in [-0.1, -0.05) is 11.8 Å². The topological polar surface area (TPSA) is 84.8 Å². The van der Waals surface area contributed by atoms with E-state index < -0.39 is 5.25 Å². The number of thiophene rings is 2. The fraction of sp³-hybridized carbons (Fsp3) is 0.208. The van der Waals surface area contributed by atoms with Crippen molar-refractivity contribution in [2.24, 2.45) is 0 Å². The summed E-state index contributed by atoms with van der Waals surface area (Å²) >= 11 is 4.55. The van der Waals surface area contributed by atoms with Gasteiger partial charge < -0.3 is 5.32 Å². The van der Waals surface area contributed by atoms with Crippen molar-refractivity contribution in [3.05, 3.63) is 63.3 Å². The van der Waals surface area contributed by atoms with Crippen LogP contribution in [0.15, 0.2) is 46.2 Å². The molecule has 166 valence electrons. The first-order chi connectivity index (χ1) is 15.9. The fourth-order valence-corrected chi connectivity index (χ4v) is 6.35. The van der Waals surface area contributed by atoms with Crippen LogP contribution in [-0.4, -0.2) is 32.1 Å². The van der Waals surface area contributed by atoms with E-state index in [0.29, 0.717) is 17.1 Å². The average molecular weight is 493 g/mol. The number of carbonyl (C=O) groups excluding carboxylic acids is 2. The van der Waals surface area contributed by atoms with Crippen molar-refractivity contribution < 1.29 is 9.59 Å². The Morgan fingerprint density at radius 2 is 1.73 bits per heavy atom. The number of thioether (sulfide) groups is 1. The average Bonchev–Trinajstić information content (AvgIpc) is 3.51. The van der Waals surface area contributed by atoms with E-state index in [0.717, 1.165) is 43.5 Å². The summed E-state index contributed by atoms with van der Waals surface area (Å²) in [5, 5.41) is 15.9. The summed E-state index contributed by atoms with van der Waals surface area (Å²) < 4.78 is 0. The van der Waals surface area contributed by atoms with Crippen molar-refractivity contribution in [3.63, 3.8) is 0 Å². The highest BCUT2D eigenvalue weighted by Crippen LogP contribution is 2.38. The van der Waals surface area contributed by atoms with Crippen LogP contribution in [0.25, 0.3) is 21.1 Å². The lowest BCUT2D eigenvalue weighted by Crippen LogP contribution is -2.14. The third-order valence-electron chi connectivity index (χ3n) is 5.49. The minimum atomic E-state index is -0.401. The molecule has 0 saturated heterocycles. The molecule has 4 heterocycles. The molecule has 33 heavy (non-hydrogen) atoms. The fourth-order valence-electron chi connectivity index (χ4n) is 3.73. The summed E-state index contributed by atoms with van der Waals surface area (Å²) in [5.41, 5.74) is 6.06. The predicted octanol–water partition coefficient (Wildman–Crippen LogP) is 5.80. The Morgan fingerprint density at radius 3 is 2.39 bits per heavy atom. The number of benzene rings is 1. The van der Waals surface area contributed by atoms with Gasteiger partial charge in [-0.15, -0.1) is 32.9 Å². The number of aryl methyl sites for hydroxylation is 2. The second-order valence-corrected chi connectivity index (χ2v) is 11.0. The van der Waals surface area contributed by atoms with Crippen molar-refractivity contribution in [1.29, 1.82) is 0 Å². The lowest BCUT2D eigenvalue weighted by atomic mass is 10.0. The summed E-state index contributed by atoms with van der Waals surface area (Å²) in [6.07, 6.45) is 0.304. The molecule has 5 rings (SSSR count). The second kappa shape index (κ2) is 8.81. The van der Waals surface area contributed by atoms with Gasteiger partial charge in [0.25, 0.3) is 0 Å². The number of aromatic nitrogens is 3. The molecule has 6 nitrogen and oxygen atoms in total. The van der Waals surface area contributed by atoms with Crippen molar-refractivity contribution in [3.8, 4) is 21.1 Å². The van der Waals surface area contributed by atoms with E-state index in [1.165, 1.54) is 11.8 Å². The van der Waals surface area contributed by atoms with E-state index in [1.54, 1.807) is 40.9 Å². The molecule has 0 radical (unpaired) electrons. The van der Waals surface area contributed by atoms with E-state index in [4.69, 9.17) is 4.98 Å². The van der Waals surface area contributed by atoms with E-state index >= 15 is 0 Å². The zero-order chi connectivity index (χ0) is 23.1. The zero-order valence-electron chi connectivity index (χ0n) is 18.2. The van der Waals surface area contributed by atoms with Crippen LogP contribution < -0.4 is 5.32 Å². The van der Waals surface area contributed by atoms with Gasteiger partial charge in [-0.25, -0.2) is 4.98 Å². The van der Waals surface area contributed by atoms with E-state index in [2.05, 4.69) is 41.5 Å². The molecule has 1 aliphatic heterocycles. The number of rotatable bonds is 6. The van der Waals surface area contributed by atoms with Gasteiger partial charge in [0.2, 0.25) is 11.1 Å². The van der Waals surface area contributed by atoms with Crippen LogP contribution in [0, 0.1) is 13.8 Å². The van der Waals surface area contributed by atoms with Crippen LogP contribution in [0.1, 0.15) is 34.0 Å². The van der Waals surface area contributed by atoms with E-state index in [1.807, 2.05) is 17.7 Å². The number of ketones is 1. The van der Waals surface area contributed by atoms with Gasteiger partial charge in [0, 0.05) is 11.3 Å². The Hall–Kier alpha value is -2.88. The van der Waals surface area contributed by atoms with Crippen molar-refractivity contribution >= 4 is 51.8 Å². The summed E-state index contributed by atoms with van der Waals surface area (Å²) in [5.74, 6) is -0.0771. The van der Waals surface area contributed by atoms with Crippen molar-refractivity contribution in [2.75, 3.05) is 5.32 Å². The molecule has 1 amide bonds. The number of nitrogens with zero attached hydrogens (tertiary/aromatic N) is 3. The predicted molar refractivity (Wildman–Crippen MR) is 134 cm³/mol. The smallest absolute Gasteiger partial charge is 0.228 e. The van der Waals surface area contributed by atoms with Gasteiger partial charge in [-0.05, 0) is 78.6 Å². The van der Waals surface area contributed by atoms with Crippen molar-refractivity contribution in [1.82, 2.24) is 15.2 Å². The van der Waals surface area contributed by atoms with E-state index in [9.17, 15) is 9.59 Å². The Morgan fingerprint density at radius 1 is 1.03 bits per heavy atom. The van der Waals surface area contributed by atoms with Crippen LogP contribution in [0.2, 0.25) is 0 Å². The van der Waals surface area contributed by atoms with Crippen molar-refractivity contribution in [2.45, 2.75) is 37.6 Å². The third kappa shape index (κ3) is 4.23. The Bertz CT molecular complexity index is 1390. The number of Topliss-reactive ketones (excluding diaryl/α,β-unsaturated/α-hetero) is 1. The maximum atomic E-state index is 13.1. The molecule has 9 heteroatoms. The molecule has 0 bridgehead atoms. The van der Waals surface area contributed by atoms with Gasteiger partial charge in [-0.2, -0.15) is 0 Å².